The summed E-state index contributed by atoms with van der Waals surface area (Å²) in [5, 5.41) is 18.5. The molecule has 116 valence electrons. The zero-order valence-electron chi connectivity index (χ0n) is 11.2. The number of alkyl halides is 3. The van der Waals surface area contributed by atoms with Gasteiger partial charge in [0.15, 0.2) is 0 Å². The van der Waals surface area contributed by atoms with Crippen LogP contribution in [0.15, 0.2) is 24.3 Å². The fraction of sp³-hybridized carbons (Fsp3) is 0.0714. The van der Waals surface area contributed by atoms with Crippen LogP contribution in [0, 0.1) is 27.3 Å². The van der Waals surface area contributed by atoms with E-state index in [0.717, 1.165) is 12.1 Å². The van der Waals surface area contributed by atoms with Gasteiger partial charge in [0.05, 0.1) is 5.56 Å². The van der Waals surface area contributed by atoms with Gasteiger partial charge in [0.1, 0.15) is 33.9 Å². The van der Waals surface area contributed by atoms with Crippen molar-refractivity contribution in [2.45, 2.75) is 6.36 Å². The standard InChI is InChI=1S/C14H7F3N4OS/c15-14(16,17)22-8-3-1-2-7(4-8)11-9(5-18)12(20)21-13(23)10(11)6-19/h1-4H,(H3,20,21,23). The Hall–Kier alpha value is -3.04. The van der Waals surface area contributed by atoms with E-state index >= 15 is 0 Å². The number of nitrogens with one attached hydrogen (secondary N) is 1. The maximum Gasteiger partial charge on any atom is 0.573 e. The Kier molecular flexibility index (Phi) is 4.25. The second-order valence-electron chi connectivity index (χ2n) is 4.29. The molecule has 0 unspecified atom stereocenters. The highest BCUT2D eigenvalue weighted by Crippen LogP contribution is 2.33. The summed E-state index contributed by atoms with van der Waals surface area (Å²) in [7, 11) is 0. The van der Waals surface area contributed by atoms with Gasteiger partial charge < -0.3 is 15.5 Å². The molecule has 0 atom stereocenters. The lowest BCUT2D eigenvalue weighted by atomic mass is 9.97. The topological polar surface area (TPSA) is 98.6 Å². The molecule has 0 saturated carbocycles. The van der Waals surface area contributed by atoms with E-state index in [9.17, 15) is 23.7 Å². The summed E-state index contributed by atoms with van der Waals surface area (Å²) in [6.45, 7) is 0. The minimum atomic E-state index is -4.86. The van der Waals surface area contributed by atoms with Crippen molar-refractivity contribution in [1.82, 2.24) is 4.98 Å². The third kappa shape index (κ3) is 3.42. The zero-order chi connectivity index (χ0) is 17.2. The van der Waals surface area contributed by atoms with Crippen molar-refractivity contribution < 1.29 is 17.9 Å². The van der Waals surface area contributed by atoms with E-state index in [2.05, 4.69) is 9.72 Å². The van der Waals surface area contributed by atoms with Crippen LogP contribution in [0.1, 0.15) is 11.1 Å². The molecule has 0 fully saturated rings. The van der Waals surface area contributed by atoms with Crippen LogP contribution in [-0.2, 0) is 0 Å². The number of anilines is 1. The van der Waals surface area contributed by atoms with Gasteiger partial charge in [0, 0.05) is 5.56 Å². The molecule has 1 aromatic carbocycles. The predicted octanol–water partition coefficient (Wildman–Crippen LogP) is 3.64. The van der Waals surface area contributed by atoms with E-state index in [1.165, 1.54) is 12.1 Å². The number of benzene rings is 1. The van der Waals surface area contributed by atoms with Crippen molar-refractivity contribution >= 4 is 18.0 Å². The number of hydrogen-bond acceptors (Lipinski definition) is 5. The first-order valence-corrected chi connectivity index (χ1v) is 6.39. The number of aromatic nitrogens is 1. The van der Waals surface area contributed by atoms with Crippen molar-refractivity contribution in [3.63, 3.8) is 0 Å². The molecule has 0 radical (unpaired) electrons. The lowest BCUT2D eigenvalue weighted by molar-refractivity contribution is -0.274. The van der Waals surface area contributed by atoms with E-state index in [-0.39, 0.29) is 32.7 Å². The van der Waals surface area contributed by atoms with Crippen LogP contribution < -0.4 is 10.5 Å². The maximum absolute atomic E-state index is 12.3. The smallest absolute Gasteiger partial charge is 0.406 e. The zero-order valence-corrected chi connectivity index (χ0v) is 12.0. The second-order valence-corrected chi connectivity index (χ2v) is 4.70. The van der Waals surface area contributed by atoms with Gasteiger partial charge >= 0.3 is 6.36 Å². The number of rotatable bonds is 2. The first-order valence-electron chi connectivity index (χ1n) is 5.99. The first-order chi connectivity index (χ1) is 10.8. The number of nitrogen functional groups attached to an aromatic ring is 1. The number of nitrogens with two attached hydrogens (primary N) is 1. The lowest BCUT2D eigenvalue weighted by Gasteiger charge is -2.12. The highest BCUT2D eigenvalue weighted by atomic mass is 32.1. The van der Waals surface area contributed by atoms with Gasteiger partial charge in [-0.2, -0.15) is 10.5 Å². The van der Waals surface area contributed by atoms with E-state index in [4.69, 9.17) is 18.0 Å². The first kappa shape index (κ1) is 16.3. The molecule has 23 heavy (non-hydrogen) atoms. The number of H-pyrrole nitrogens is 1. The number of nitriles is 2. The molecule has 1 aromatic heterocycles. The average molecular weight is 336 g/mol. The summed E-state index contributed by atoms with van der Waals surface area (Å²) in [5.74, 6) is -0.561. The number of nitrogens with zero attached hydrogens (tertiary/aromatic N) is 2. The van der Waals surface area contributed by atoms with Crippen LogP contribution in [0.5, 0.6) is 5.75 Å². The number of halogens is 3. The summed E-state index contributed by atoms with van der Waals surface area (Å²) in [5.41, 5.74) is 5.74. The number of aromatic amines is 1. The van der Waals surface area contributed by atoms with E-state index in [1.54, 1.807) is 0 Å². The Morgan fingerprint density at radius 1 is 1.17 bits per heavy atom. The van der Waals surface area contributed by atoms with Crippen LogP contribution in [0.3, 0.4) is 0 Å². The Bertz CT molecular complexity index is 906. The van der Waals surface area contributed by atoms with Gasteiger partial charge in [-0.1, -0.05) is 24.4 Å². The Balaban J connectivity index is 2.73. The van der Waals surface area contributed by atoms with Crippen molar-refractivity contribution in [3.8, 4) is 29.0 Å². The van der Waals surface area contributed by atoms with Crippen LogP contribution in [0.25, 0.3) is 11.1 Å². The van der Waals surface area contributed by atoms with Crippen LogP contribution >= 0.6 is 12.2 Å². The molecule has 0 saturated heterocycles. The number of hydrogen-bond donors (Lipinski definition) is 2. The molecule has 0 aliphatic heterocycles. The molecule has 0 bridgehead atoms. The summed E-state index contributed by atoms with van der Waals surface area (Å²) < 4.78 is 40.8. The van der Waals surface area contributed by atoms with Crippen molar-refractivity contribution in [2.24, 2.45) is 0 Å². The van der Waals surface area contributed by atoms with E-state index < -0.39 is 12.1 Å². The van der Waals surface area contributed by atoms with Crippen LogP contribution in [-0.4, -0.2) is 11.3 Å². The Morgan fingerprint density at radius 3 is 2.39 bits per heavy atom. The van der Waals surface area contributed by atoms with Crippen molar-refractivity contribution in [1.29, 1.82) is 10.5 Å². The summed E-state index contributed by atoms with van der Waals surface area (Å²) in [6.07, 6.45) is -4.86. The second kappa shape index (κ2) is 5.99. The summed E-state index contributed by atoms with van der Waals surface area (Å²) in [6, 6.07) is 8.52. The fourth-order valence-corrected chi connectivity index (χ4v) is 2.24. The van der Waals surface area contributed by atoms with Gasteiger partial charge in [0.25, 0.3) is 0 Å². The molecule has 0 aliphatic rings. The SMILES string of the molecule is N#Cc1c(N)[nH]c(=S)c(C#N)c1-c1cccc(OC(F)(F)F)c1. The monoisotopic (exact) mass is 336 g/mol. The minimum absolute atomic E-state index is 0.0128. The molecule has 1 heterocycles. The average Bonchev–Trinajstić information content (AvgIpc) is 2.45. The van der Waals surface area contributed by atoms with Gasteiger partial charge in [-0.15, -0.1) is 13.2 Å². The quantitative estimate of drug-likeness (QED) is 0.816. The highest BCUT2D eigenvalue weighted by molar-refractivity contribution is 7.71. The van der Waals surface area contributed by atoms with E-state index in [0.29, 0.717) is 0 Å². The van der Waals surface area contributed by atoms with E-state index in [1.807, 2.05) is 12.1 Å². The molecule has 0 aliphatic carbocycles. The number of ether oxygens (including phenoxy) is 1. The third-order valence-corrected chi connectivity index (χ3v) is 3.13. The predicted molar refractivity (Wildman–Crippen MR) is 77.6 cm³/mol. The minimum Gasteiger partial charge on any atom is -0.406 e. The lowest BCUT2D eigenvalue weighted by Crippen LogP contribution is -2.17. The number of pyridine rings is 1. The van der Waals surface area contributed by atoms with Crippen molar-refractivity contribution in [2.75, 3.05) is 5.73 Å². The molecule has 0 spiro atoms. The molecule has 5 nitrogen and oxygen atoms in total. The molecule has 9 heteroatoms. The van der Waals surface area contributed by atoms with Gasteiger partial charge in [0.2, 0.25) is 0 Å². The molecule has 2 aromatic rings. The van der Waals surface area contributed by atoms with Gasteiger partial charge in [-0.25, -0.2) is 0 Å². The van der Waals surface area contributed by atoms with Gasteiger partial charge in [-0.05, 0) is 17.7 Å². The normalized spacial score (nSPS) is 10.7. The molecular weight excluding hydrogens is 329 g/mol. The largest absolute Gasteiger partial charge is 0.573 e. The van der Waals surface area contributed by atoms with Crippen molar-refractivity contribution in [3.05, 3.63) is 40.0 Å². The highest BCUT2D eigenvalue weighted by Gasteiger charge is 2.31. The maximum atomic E-state index is 12.3. The summed E-state index contributed by atoms with van der Waals surface area (Å²) >= 11 is 4.98. The van der Waals surface area contributed by atoms with Crippen LogP contribution in [0.2, 0.25) is 0 Å². The molecular formula is C14H7F3N4OS. The molecule has 2 rings (SSSR count). The molecule has 0 amide bonds. The molecule has 3 N–H and O–H groups in total. The summed E-state index contributed by atoms with van der Waals surface area (Å²) in [4.78, 5) is 2.51. The fourth-order valence-electron chi connectivity index (χ4n) is 1.98. The third-order valence-electron chi connectivity index (χ3n) is 2.82. The Morgan fingerprint density at radius 2 is 1.83 bits per heavy atom. The Labute approximate surface area is 133 Å². The van der Waals surface area contributed by atoms with Crippen LogP contribution in [0.4, 0.5) is 19.0 Å². The van der Waals surface area contributed by atoms with Gasteiger partial charge in [-0.3, -0.25) is 0 Å².